The maximum atomic E-state index is 3.82. The molecule has 1 aliphatic rings. The van der Waals surface area contributed by atoms with Crippen molar-refractivity contribution < 1.29 is 0 Å². The summed E-state index contributed by atoms with van der Waals surface area (Å²) in [5.41, 5.74) is 3.11. The van der Waals surface area contributed by atoms with Gasteiger partial charge in [-0.15, -0.1) is 0 Å². The summed E-state index contributed by atoms with van der Waals surface area (Å²) in [5.74, 6) is 1.97. The quantitative estimate of drug-likeness (QED) is 0.802. The predicted octanol–water partition coefficient (Wildman–Crippen LogP) is 3.90. The monoisotopic (exact) mass is 300 g/mol. The van der Waals surface area contributed by atoms with Crippen molar-refractivity contribution in [2.45, 2.75) is 65.0 Å². The number of nitrogens with one attached hydrogen (secondary N) is 1. The summed E-state index contributed by atoms with van der Waals surface area (Å²) in [6, 6.07) is 9.48. The van der Waals surface area contributed by atoms with Gasteiger partial charge in [0.2, 0.25) is 0 Å². The summed E-state index contributed by atoms with van der Waals surface area (Å²) in [6.07, 6.45) is 2.44. The highest BCUT2D eigenvalue weighted by Gasteiger charge is 2.39. The number of hydrogen-bond acceptors (Lipinski definition) is 2. The second kappa shape index (κ2) is 6.66. The fourth-order valence-corrected chi connectivity index (χ4v) is 3.89. The second-order valence-electron chi connectivity index (χ2n) is 8.06. The van der Waals surface area contributed by atoms with Gasteiger partial charge in [0.15, 0.2) is 7.98 Å². The van der Waals surface area contributed by atoms with Gasteiger partial charge in [0, 0.05) is 23.2 Å². The van der Waals surface area contributed by atoms with Gasteiger partial charge in [-0.25, -0.2) is 0 Å². The first kappa shape index (κ1) is 17.4. The van der Waals surface area contributed by atoms with Crippen molar-refractivity contribution >= 4 is 13.7 Å². The highest BCUT2D eigenvalue weighted by Crippen LogP contribution is 2.45. The van der Waals surface area contributed by atoms with E-state index in [0.717, 1.165) is 0 Å². The van der Waals surface area contributed by atoms with E-state index < -0.39 is 0 Å². The van der Waals surface area contributed by atoms with Crippen LogP contribution in [0.1, 0.15) is 58.9 Å². The third kappa shape index (κ3) is 3.35. The molecule has 22 heavy (non-hydrogen) atoms. The number of nitrogens with zero attached hydrogens (tertiary/aromatic N) is 1. The van der Waals surface area contributed by atoms with Gasteiger partial charge in [-0.05, 0) is 50.8 Å². The van der Waals surface area contributed by atoms with E-state index in [1.54, 1.807) is 0 Å². The standard InChI is InChI=1S/C19H33BN2/c1-7-13(2)18-17(14(3)12-19(4,5)22(6)20)15-10-8-9-11-16(15)21-18/h8-11,13-14,17-18,21H,7,12,20H2,1-6H3. The zero-order valence-corrected chi connectivity index (χ0v) is 15.5. The van der Waals surface area contributed by atoms with E-state index in [-0.39, 0.29) is 5.54 Å². The van der Waals surface area contributed by atoms with Crippen molar-refractivity contribution in [1.29, 1.82) is 0 Å². The molecule has 1 heterocycles. The van der Waals surface area contributed by atoms with Crippen LogP contribution in [0.15, 0.2) is 24.3 Å². The van der Waals surface area contributed by atoms with Crippen molar-refractivity contribution in [2.75, 3.05) is 12.4 Å². The number of rotatable bonds is 6. The Balaban J connectivity index is 2.28. The molecule has 0 radical (unpaired) electrons. The third-order valence-corrected chi connectivity index (χ3v) is 5.93. The highest BCUT2D eigenvalue weighted by atomic mass is 15.1. The van der Waals surface area contributed by atoms with Gasteiger partial charge in [0.1, 0.15) is 0 Å². The number of hydrogen-bond donors (Lipinski definition) is 1. The summed E-state index contributed by atoms with van der Waals surface area (Å²) < 4.78 is 0. The molecule has 0 spiro atoms. The normalized spacial score (nSPS) is 24.0. The van der Waals surface area contributed by atoms with Crippen molar-refractivity contribution in [2.24, 2.45) is 11.8 Å². The molecule has 0 aromatic heterocycles. The lowest BCUT2D eigenvalue weighted by Crippen LogP contribution is -2.42. The maximum Gasteiger partial charge on any atom is 0.185 e. The van der Waals surface area contributed by atoms with Gasteiger partial charge in [0.25, 0.3) is 0 Å². The Morgan fingerprint density at radius 1 is 1.23 bits per heavy atom. The van der Waals surface area contributed by atoms with E-state index in [1.165, 1.54) is 24.1 Å². The van der Waals surface area contributed by atoms with Crippen LogP contribution in [0.4, 0.5) is 5.69 Å². The molecule has 1 N–H and O–H groups in total. The molecule has 2 nitrogen and oxygen atoms in total. The number of para-hydroxylation sites is 1. The largest absolute Gasteiger partial charge is 0.381 e. The summed E-state index contributed by atoms with van der Waals surface area (Å²) >= 11 is 0. The van der Waals surface area contributed by atoms with Gasteiger partial charge < -0.3 is 10.1 Å². The molecule has 0 amide bonds. The topological polar surface area (TPSA) is 15.3 Å². The van der Waals surface area contributed by atoms with Crippen LogP contribution in [0.2, 0.25) is 0 Å². The van der Waals surface area contributed by atoms with Gasteiger partial charge >= 0.3 is 0 Å². The SMILES string of the molecule is BN(C)C(C)(C)CC(C)C1c2ccccc2NC1C(C)CC. The molecule has 0 bridgehead atoms. The molecule has 0 saturated heterocycles. The van der Waals surface area contributed by atoms with Crippen LogP contribution in [0, 0.1) is 11.8 Å². The first-order chi connectivity index (χ1) is 10.3. The second-order valence-corrected chi connectivity index (χ2v) is 8.06. The zero-order valence-electron chi connectivity index (χ0n) is 15.5. The first-order valence-corrected chi connectivity index (χ1v) is 8.80. The summed E-state index contributed by atoms with van der Waals surface area (Å²) in [6.45, 7) is 11.8. The molecule has 1 aromatic carbocycles. The Hall–Kier alpha value is -0.955. The van der Waals surface area contributed by atoms with Crippen LogP contribution in [0.5, 0.6) is 0 Å². The third-order valence-electron chi connectivity index (χ3n) is 5.93. The van der Waals surface area contributed by atoms with Gasteiger partial charge in [-0.3, -0.25) is 0 Å². The Morgan fingerprint density at radius 3 is 2.45 bits per heavy atom. The minimum absolute atomic E-state index is 0.233. The lowest BCUT2D eigenvalue weighted by atomic mass is 9.74. The average Bonchev–Trinajstić information content (AvgIpc) is 2.85. The number of anilines is 1. The summed E-state index contributed by atoms with van der Waals surface area (Å²) in [7, 11) is 4.39. The molecule has 0 aliphatic carbocycles. The summed E-state index contributed by atoms with van der Waals surface area (Å²) in [4.78, 5) is 2.36. The molecule has 2 rings (SSSR count). The molecular formula is C19H33BN2. The molecule has 1 aromatic rings. The number of benzene rings is 1. The Kier molecular flexibility index (Phi) is 5.27. The van der Waals surface area contributed by atoms with E-state index in [0.29, 0.717) is 23.8 Å². The molecule has 122 valence electrons. The Bertz CT molecular complexity index is 498. The summed E-state index contributed by atoms with van der Waals surface area (Å²) in [5, 5.41) is 3.82. The van der Waals surface area contributed by atoms with E-state index in [2.05, 4.69) is 84.0 Å². The molecule has 0 saturated carbocycles. The highest BCUT2D eigenvalue weighted by molar-refractivity contribution is 6.04. The lowest BCUT2D eigenvalue weighted by molar-refractivity contribution is 0.198. The van der Waals surface area contributed by atoms with E-state index in [1.807, 2.05) is 0 Å². The van der Waals surface area contributed by atoms with Crippen LogP contribution in [-0.4, -0.2) is 31.4 Å². The fraction of sp³-hybridized carbons (Fsp3) is 0.684. The number of fused-ring (bicyclic) bond motifs is 1. The van der Waals surface area contributed by atoms with E-state index >= 15 is 0 Å². The van der Waals surface area contributed by atoms with E-state index in [9.17, 15) is 0 Å². The molecule has 3 heteroatoms. The molecule has 4 unspecified atom stereocenters. The minimum Gasteiger partial charge on any atom is -0.381 e. The minimum atomic E-state index is 0.233. The van der Waals surface area contributed by atoms with Gasteiger partial charge in [-0.2, -0.15) is 0 Å². The van der Waals surface area contributed by atoms with Crippen molar-refractivity contribution in [3.05, 3.63) is 29.8 Å². The van der Waals surface area contributed by atoms with Gasteiger partial charge in [-0.1, -0.05) is 45.4 Å². The molecule has 4 atom stereocenters. The lowest BCUT2D eigenvalue weighted by Gasteiger charge is -2.39. The van der Waals surface area contributed by atoms with Crippen LogP contribution < -0.4 is 5.32 Å². The molecule has 1 aliphatic heterocycles. The average molecular weight is 300 g/mol. The first-order valence-electron chi connectivity index (χ1n) is 8.80. The van der Waals surface area contributed by atoms with Gasteiger partial charge in [0.05, 0.1) is 0 Å². The Morgan fingerprint density at radius 2 is 1.86 bits per heavy atom. The van der Waals surface area contributed by atoms with Crippen molar-refractivity contribution in [3.8, 4) is 0 Å². The van der Waals surface area contributed by atoms with E-state index in [4.69, 9.17) is 0 Å². The molecular weight excluding hydrogens is 267 g/mol. The zero-order chi connectivity index (χ0) is 16.5. The van der Waals surface area contributed by atoms with Crippen LogP contribution in [-0.2, 0) is 0 Å². The van der Waals surface area contributed by atoms with Crippen molar-refractivity contribution in [1.82, 2.24) is 4.81 Å². The van der Waals surface area contributed by atoms with Crippen molar-refractivity contribution in [3.63, 3.8) is 0 Å². The van der Waals surface area contributed by atoms with Crippen LogP contribution in [0.3, 0.4) is 0 Å². The van der Waals surface area contributed by atoms with Crippen LogP contribution in [0.25, 0.3) is 0 Å². The maximum absolute atomic E-state index is 3.82. The fourth-order valence-electron chi connectivity index (χ4n) is 3.89. The smallest absolute Gasteiger partial charge is 0.185 e. The predicted molar refractivity (Wildman–Crippen MR) is 100 cm³/mol. The molecule has 0 fully saturated rings. The van der Waals surface area contributed by atoms with Crippen LogP contribution >= 0.6 is 0 Å². The Labute approximate surface area is 138 Å².